The predicted molar refractivity (Wildman–Crippen MR) is 49.2 cm³/mol. The first kappa shape index (κ1) is 13.2. The molecule has 0 rings (SSSR count). The Morgan fingerprint density at radius 1 is 1.40 bits per heavy atom. The van der Waals surface area contributed by atoms with Gasteiger partial charge in [-0.25, -0.2) is 9.59 Å². The van der Waals surface area contributed by atoms with Crippen LogP contribution in [-0.4, -0.2) is 33.7 Å². The molecule has 0 amide bonds. The Morgan fingerprint density at radius 3 is 2.20 bits per heavy atom. The van der Waals surface area contributed by atoms with Crippen molar-refractivity contribution in [3.05, 3.63) is 12.7 Å². The van der Waals surface area contributed by atoms with Crippen molar-refractivity contribution in [2.45, 2.75) is 25.4 Å². The Labute approximate surface area is 86.2 Å². The van der Waals surface area contributed by atoms with Crippen LogP contribution in [0.3, 0.4) is 0 Å². The SMILES string of the molecule is C=CC(=O)OC(CC)(CC(=O)O)C(=O)O. The van der Waals surface area contributed by atoms with Gasteiger partial charge in [0.25, 0.3) is 0 Å². The number of aliphatic carboxylic acids is 2. The molecule has 0 saturated carbocycles. The van der Waals surface area contributed by atoms with E-state index in [-0.39, 0.29) is 6.42 Å². The molecule has 0 bridgehead atoms. The Bertz CT molecular complexity index is 295. The molecular formula is C9H12O6. The summed E-state index contributed by atoms with van der Waals surface area (Å²) in [6.07, 6.45) is -0.123. The molecule has 6 heteroatoms. The van der Waals surface area contributed by atoms with E-state index in [1.165, 1.54) is 6.92 Å². The van der Waals surface area contributed by atoms with Gasteiger partial charge in [-0.3, -0.25) is 4.79 Å². The molecule has 0 aromatic heterocycles. The molecule has 84 valence electrons. The molecule has 2 N–H and O–H groups in total. The van der Waals surface area contributed by atoms with Gasteiger partial charge in [-0.2, -0.15) is 0 Å². The molecule has 0 heterocycles. The molecule has 0 spiro atoms. The van der Waals surface area contributed by atoms with Crippen molar-refractivity contribution >= 4 is 17.9 Å². The van der Waals surface area contributed by atoms with Gasteiger partial charge in [-0.05, 0) is 6.42 Å². The molecule has 0 aliphatic heterocycles. The van der Waals surface area contributed by atoms with E-state index in [9.17, 15) is 14.4 Å². The molecule has 1 unspecified atom stereocenters. The van der Waals surface area contributed by atoms with Crippen molar-refractivity contribution < 1.29 is 29.3 Å². The number of carbonyl (C=O) groups is 3. The normalized spacial score (nSPS) is 13.7. The summed E-state index contributed by atoms with van der Waals surface area (Å²) in [6.45, 7) is 4.53. The summed E-state index contributed by atoms with van der Waals surface area (Å²) in [5.41, 5.74) is -2.02. The summed E-state index contributed by atoms with van der Waals surface area (Å²) < 4.78 is 4.57. The first-order valence-corrected chi connectivity index (χ1v) is 4.18. The first-order valence-electron chi connectivity index (χ1n) is 4.18. The fourth-order valence-corrected chi connectivity index (χ4v) is 0.982. The van der Waals surface area contributed by atoms with Crippen molar-refractivity contribution in [2.24, 2.45) is 0 Å². The van der Waals surface area contributed by atoms with Crippen molar-refractivity contribution in [2.75, 3.05) is 0 Å². The number of esters is 1. The molecule has 15 heavy (non-hydrogen) atoms. The van der Waals surface area contributed by atoms with Crippen molar-refractivity contribution in [1.29, 1.82) is 0 Å². The molecule has 0 aromatic carbocycles. The largest absolute Gasteiger partial charge is 0.481 e. The maximum absolute atomic E-state index is 10.9. The van der Waals surface area contributed by atoms with Gasteiger partial charge in [0.05, 0.1) is 6.42 Å². The molecule has 0 fully saturated rings. The summed E-state index contributed by atoms with van der Waals surface area (Å²) in [6, 6.07) is 0. The predicted octanol–water partition coefficient (Wildman–Crippen LogP) is 0.424. The lowest BCUT2D eigenvalue weighted by Crippen LogP contribution is -2.44. The molecule has 0 aromatic rings. The molecule has 0 radical (unpaired) electrons. The van der Waals surface area contributed by atoms with Crippen LogP contribution in [-0.2, 0) is 19.1 Å². The zero-order valence-corrected chi connectivity index (χ0v) is 8.23. The molecule has 1 atom stereocenters. The van der Waals surface area contributed by atoms with E-state index >= 15 is 0 Å². The minimum Gasteiger partial charge on any atom is -0.481 e. The maximum atomic E-state index is 10.9. The highest BCUT2D eigenvalue weighted by Gasteiger charge is 2.42. The highest BCUT2D eigenvalue weighted by atomic mass is 16.6. The van der Waals surface area contributed by atoms with E-state index in [0.717, 1.165) is 6.08 Å². The molecule has 0 aliphatic carbocycles. The average Bonchev–Trinajstić information content (AvgIpc) is 2.15. The topological polar surface area (TPSA) is 101 Å². The second-order valence-electron chi connectivity index (χ2n) is 2.85. The van der Waals surface area contributed by atoms with Crippen LogP contribution in [0.1, 0.15) is 19.8 Å². The summed E-state index contributed by atoms with van der Waals surface area (Å²) in [5, 5.41) is 17.4. The van der Waals surface area contributed by atoms with E-state index in [4.69, 9.17) is 10.2 Å². The smallest absolute Gasteiger partial charge is 0.348 e. The Morgan fingerprint density at radius 2 is 1.93 bits per heavy atom. The van der Waals surface area contributed by atoms with Crippen molar-refractivity contribution in [3.63, 3.8) is 0 Å². The number of carbonyl (C=O) groups excluding carboxylic acids is 1. The standard InChI is InChI=1S/C9H12O6/c1-3-7(12)15-9(4-2,8(13)14)5-6(10)11/h3H,1,4-5H2,2H3,(H,10,11)(H,13,14). The van der Waals surface area contributed by atoms with Gasteiger partial charge in [0.15, 0.2) is 0 Å². The van der Waals surface area contributed by atoms with Crippen LogP contribution in [0.4, 0.5) is 0 Å². The van der Waals surface area contributed by atoms with Crippen molar-refractivity contribution in [1.82, 2.24) is 0 Å². The summed E-state index contributed by atoms with van der Waals surface area (Å²) in [4.78, 5) is 32.2. The third kappa shape index (κ3) is 3.41. The van der Waals surface area contributed by atoms with E-state index in [0.29, 0.717) is 0 Å². The second kappa shape index (κ2) is 5.14. The lowest BCUT2D eigenvalue weighted by molar-refractivity contribution is -0.180. The molecular weight excluding hydrogens is 204 g/mol. The van der Waals surface area contributed by atoms with E-state index < -0.39 is 29.9 Å². The lowest BCUT2D eigenvalue weighted by Gasteiger charge is -2.25. The quantitative estimate of drug-likeness (QED) is 0.493. The average molecular weight is 216 g/mol. The van der Waals surface area contributed by atoms with Gasteiger partial charge < -0.3 is 14.9 Å². The third-order valence-corrected chi connectivity index (χ3v) is 1.86. The number of carboxylic acid groups (broad SMARTS) is 2. The van der Waals surface area contributed by atoms with Gasteiger partial charge in [-0.1, -0.05) is 13.5 Å². The second-order valence-corrected chi connectivity index (χ2v) is 2.85. The van der Waals surface area contributed by atoms with Crippen molar-refractivity contribution in [3.8, 4) is 0 Å². The number of hydrogen-bond donors (Lipinski definition) is 2. The third-order valence-electron chi connectivity index (χ3n) is 1.86. The summed E-state index contributed by atoms with van der Waals surface area (Å²) in [7, 11) is 0. The summed E-state index contributed by atoms with van der Waals surface area (Å²) in [5.74, 6) is -3.79. The highest BCUT2D eigenvalue weighted by Crippen LogP contribution is 2.21. The van der Waals surface area contributed by atoms with E-state index in [2.05, 4.69) is 11.3 Å². The van der Waals surface area contributed by atoms with Gasteiger partial charge in [0, 0.05) is 6.08 Å². The van der Waals surface area contributed by atoms with E-state index in [1.54, 1.807) is 0 Å². The highest BCUT2D eigenvalue weighted by molar-refractivity contribution is 5.89. The van der Waals surface area contributed by atoms with Crippen LogP contribution in [0.2, 0.25) is 0 Å². The molecule has 6 nitrogen and oxygen atoms in total. The Hall–Kier alpha value is -1.85. The fourth-order valence-electron chi connectivity index (χ4n) is 0.982. The Kier molecular flexibility index (Phi) is 4.50. The monoisotopic (exact) mass is 216 g/mol. The Balaban J connectivity index is 4.96. The molecule has 0 aliphatic rings. The van der Waals surface area contributed by atoms with Crippen LogP contribution >= 0.6 is 0 Å². The van der Waals surface area contributed by atoms with Crippen LogP contribution in [0.5, 0.6) is 0 Å². The minimum atomic E-state index is -2.02. The van der Waals surface area contributed by atoms with Gasteiger partial charge in [-0.15, -0.1) is 0 Å². The van der Waals surface area contributed by atoms with Gasteiger partial charge in [0.2, 0.25) is 5.60 Å². The molecule has 0 saturated heterocycles. The zero-order valence-electron chi connectivity index (χ0n) is 8.23. The zero-order chi connectivity index (χ0) is 12.1. The maximum Gasteiger partial charge on any atom is 0.348 e. The van der Waals surface area contributed by atoms with Crippen LogP contribution in [0.15, 0.2) is 12.7 Å². The van der Waals surface area contributed by atoms with Crippen LogP contribution in [0.25, 0.3) is 0 Å². The minimum absolute atomic E-state index is 0.131. The lowest BCUT2D eigenvalue weighted by atomic mass is 9.96. The number of ether oxygens (including phenoxy) is 1. The van der Waals surface area contributed by atoms with E-state index in [1.807, 2.05) is 0 Å². The van der Waals surface area contributed by atoms with Crippen LogP contribution in [0, 0.1) is 0 Å². The van der Waals surface area contributed by atoms with Gasteiger partial charge >= 0.3 is 17.9 Å². The number of hydrogen-bond acceptors (Lipinski definition) is 4. The van der Waals surface area contributed by atoms with Crippen LogP contribution < -0.4 is 0 Å². The number of carboxylic acids is 2. The fraction of sp³-hybridized carbons (Fsp3) is 0.444. The van der Waals surface area contributed by atoms with Gasteiger partial charge in [0.1, 0.15) is 0 Å². The number of rotatable bonds is 6. The first-order chi connectivity index (χ1) is 6.88. The summed E-state index contributed by atoms with van der Waals surface area (Å²) >= 11 is 0.